The van der Waals surface area contributed by atoms with Crippen molar-refractivity contribution in [1.29, 1.82) is 0 Å². The zero-order valence-corrected chi connectivity index (χ0v) is 25.2. The molecular weight excluding hydrogens is 553 g/mol. The van der Waals surface area contributed by atoms with E-state index in [1.165, 1.54) is 4.68 Å². The zero-order chi connectivity index (χ0) is 31.2. The van der Waals surface area contributed by atoms with Gasteiger partial charge in [0, 0.05) is 26.1 Å². The first kappa shape index (κ1) is 34.9. The Balaban J connectivity index is 2.01. The number of nitrogens with zero attached hydrogens (tertiary/aromatic N) is 3. The Morgan fingerprint density at radius 2 is 1.71 bits per heavy atom. The number of hydrogen-bond donors (Lipinski definition) is 1. The molecule has 0 aliphatic rings. The van der Waals surface area contributed by atoms with Crippen molar-refractivity contribution in [3.8, 4) is 5.75 Å². The maximum atomic E-state index is 12.9. The van der Waals surface area contributed by atoms with E-state index < -0.39 is 35.4 Å². The van der Waals surface area contributed by atoms with Gasteiger partial charge in [0.15, 0.2) is 5.60 Å². The summed E-state index contributed by atoms with van der Waals surface area (Å²) in [5.41, 5.74) is -1.51. The molecule has 0 spiro atoms. The largest absolute Gasteiger partial charge is 0.476 e. The van der Waals surface area contributed by atoms with Crippen LogP contribution in [-0.4, -0.2) is 45.2 Å². The number of alkyl halides is 3. The van der Waals surface area contributed by atoms with E-state index in [0.717, 1.165) is 42.2 Å². The SMILES string of the molecule is CCCCCCCn1nc(NCCCCc2cccc(OC(C)(C)C(=O)OCC)c2)c(=O)n(CCCC(F)(F)F)c1=O. The second-order valence-electron chi connectivity index (χ2n) is 10.8. The van der Waals surface area contributed by atoms with Crippen LogP contribution in [0.5, 0.6) is 5.75 Å². The van der Waals surface area contributed by atoms with Gasteiger partial charge in [-0.25, -0.2) is 14.3 Å². The molecule has 0 aliphatic heterocycles. The summed E-state index contributed by atoms with van der Waals surface area (Å²) >= 11 is 0. The zero-order valence-electron chi connectivity index (χ0n) is 25.2. The molecule has 0 saturated carbocycles. The van der Waals surface area contributed by atoms with Gasteiger partial charge in [0.05, 0.1) is 6.61 Å². The summed E-state index contributed by atoms with van der Waals surface area (Å²) in [7, 11) is 0. The molecule has 42 heavy (non-hydrogen) atoms. The minimum Gasteiger partial charge on any atom is -0.476 e. The number of nitrogens with one attached hydrogen (secondary N) is 1. The van der Waals surface area contributed by atoms with Gasteiger partial charge in [0.1, 0.15) is 5.75 Å². The van der Waals surface area contributed by atoms with Crippen LogP contribution in [-0.2, 0) is 29.0 Å². The smallest absolute Gasteiger partial charge is 0.389 e. The van der Waals surface area contributed by atoms with Gasteiger partial charge >= 0.3 is 17.8 Å². The summed E-state index contributed by atoms with van der Waals surface area (Å²) in [6.45, 7) is 7.76. The standard InChI is InChI=1S/C30H45F3N4O5/c1-5-7-8-9-12-21-37-28(40)36(20-14-18-30(31,32)33)26(38)25(35-37)34-19-11-10-15-23-16-13-17-24(22-23)42-29(3,4)27(39)41-6-2/h13,16-17,22H,5-12,14-15,18-21H2,1-4H3,(H,34,35). The van der Waals surface area contributed by atoms with Gasteiger partial charge in [-0.3, -0.25) is 9.36 Å². The Morgan fingerprint density at radius 1 is 0.976 bits per heavy atom. The van der Waals surface area contributed by atoms with Crippen LogP contribution in [0.2, 0.25) is 0 Å². The minimum atomic E-state index is -4.36. The van der Waals surface area contributed by atoms with Crippen molar-refractivity contribution in [3.63, 3.8) is 0 Å². The molecule has 1 heterocycles. The van der Waals surface area contributed by atoms with Crippen LogP contribution in [0.4, 0.5) is 19.0 Å². The molecule has 1 aromatic carbocycles. The van der Waals surface area contributed by atoms with Crippen molar-refractivity contribution in [2.24, 2.45) is 0 Å². The van der Waals surface area contributed by atoms with Gasteiger partial charge in [-0.1, -0.05) is 44.7 Å². The lowest BCUT2D eigenvalue weighted by atomic mass is 10.1. The van der Waals surface area contributed by atoms with E-state index in [2.05, 4.69) is 17.3 Å². The van der Waals surface area contributed by atoms with Crippen LogP contribution in [0, 0.1) is 0 Å². The second kappa shape index (κ2) is 17.0. The lowest BCUT2D eigenvalue weighted by molar-refractivity contribution is -0.158. The number of hydrogen-bond acceptors (Lipinski definition) is 7. The number of benzene rings is 1. The molecule has 0 amide bonds. The van der Waals surface area contributed by atoms with E-state index in [-0.39, 0.29) is 25.4 Å². The van der Waals surface area contributed by atoms with Crippen molar-refractivity contribution in [1.82, 2.24) is 14.3 Å². The highest BCUT2D eigenvalue weighted by molar-refractivity contribution is 5.79. The van der Waals surface area contributed by atoms with Crippen molar-refractivity contribution in [2.45, 2.75) is 117 Å². The summed E-state index contributed by atoms with van der Waals surface area (Å²) in [5.74, 6) is 0.0694. The summed E-state index contributed by atoms with van der Waals surface area (Å²) in [4.78, 5) is 37.9. The van der Waals surface area contributed by atoms with Gasteiger partial charge in [-0.2, -0.15) is 13.2 Å². The van der Waals surface area contributed by atoms with Crippen molar-refractivity contribution >= 4 is 11.8 Å². The van der Waals surface area contributed by atoms with Crippen LogP contribution in [0.15, 0.2) is 33.9 Å². The average molecular weight is 599 g/mol. The molecule has 236 valence electrons. The maximum Gasteiger partial charge on any atom is 0.389 e. The summed E-state index contributed by atoms with van der Waals surface area (Å²) in [5, 5.41) is 7.21. The summed E-state index contributed by atoms with van der Waals surface area (Å²) in [6.07, 6.45) is 1.09. The van der Waals surface area contributed by atoms with Crippen molar-refractivity contribution in [3.05, 3.63) is 50.7 Å². The van der Waals surface area contributed by atoms with Gasteiger partial charge in [0.2, 0.25) is 5.82 Å². The molecule has 12 heteroatoms. The van der Waals surface area contributed by atoms with Gasteiger partial charge in [-0.05, 0) is 70.6 Å². The number of aryl methyl sites for hydroxylation is 2. The highest BCUT2D eigenvalue weighted by Gasteiger charge is 2.31. The molecule has 0 fully saturated rings. The summed E-state index contributed by atoms with van der Waals surface area (Å²) in [6, 6.07) is 7.44. The van der Waals surface area contributed by atoms with Crippen LogP contribution in [0.1, 0.15) is 91.0 Å². The number of rotatable bonds is 19. The number of unbranched alkanes of at least 4 members (excludes halogenated alkanes) is 5. The molecule has 0 radical (unpaired) electrons. The Hall–Kier alpha value is -3.31. The number of halogens is 3. The fourth-order valence-corrected chi connectivity index (χ4v) is 4.38. The quantitative estimate of drug-likeness (QED) is 0.159. The molecule has 1 aromatic heterocycles. The second-order valence-corrected chi connectivity index (χ2v) is 10.8. The molecule has 2 aromatic rings. The minimum absolute atomic E-state index is 0.0354. The monoisotopic (exact) mass is 598 g/mol. The Bertz CT molecular complexity index is 1240. The number of carbonyl (C=O) groups is 1. The van der Waals surface area contributed by atoms with E-state index in [1.54, 1.807) is 26.8 Å². The van der Waals surface area contributed by atoms with Gasteiger partial charge < -0.3 is 14.8 Å². The Labute approximate surface area is 245 Å². The van der Waals surface area contributed by atoms with Crippen LogP contribution >= 0.6 is 0 Å². The highest BCUT2D eigenvalue weighted by Crippen LogP contribution is 2.22. The fraction of sp³-hybridized carbons (Fsp3) is 0.667. The lowest BCUT2D eigenvalue weighted by Crippen LogP contribution is -2.43. The number of esters is 1. The summed E-state index contributed by atoms with van der Waals surface area (Å²) < 4.78 is 51.0. The first-order valence-corrected chi connectivity index (χ1v) is 14.9. The normalized spacial score (nSPS) is 11.9. The Kier molecular flexibility index (Phi) is 14.1. The third-order valence-corrected chi connectivity index (χ3v) is 6.66. The third kappa shape index (κ3) is 11.9. The average Bonchev–Trinajstić information content (AvgIpc) is 2.91. The molecule has 0 atom stereocenters. The topological polar surface area (TPSA) is 104 Å². The Morgan fingerprint density at radius 3 is 2.40 bits per heavy atom. The first-order chi connectivity index (χ1) is 19.9. The molecule has 9 nitrogen and oxygen atoms in total. The fourth-order valence-electron chi connectivity index (χ4n) is 4.38. The van der Waals surface area contributed by atoms with Crippen LogP contribution in [0.25, 0.3) is 0 Å². The predicted molar refractivity (Wildman–Crippen MR) is 156 cm³/mol. The van der Waals surface area contributed by atoms with Gasteiger partial charge in [0.25, 0.3) is 5.56 Å². The molecule has 0 saturated heterocycles. The predicted octanol–water partition coefficient (Wildman–Crippen LogP) is 5.87. The molecular formula is C30H45F3N4O5. The van der Waals surface area contributed by atoms with E-state index in [0.29, 0.717) is 38.1 Å². The maximum absolute atomic E-state index is 12.9. The molecule has 2 rings (SSSR count). The van der Waals surface area contributed by atoms with Crippen LogP contribution < -0.4 is 21.3 Å². The van der Waals surface area contributed by atoms with E-state index in [9.17, 15) is 27.6 Å². The van der Waals surface area contributed by atoms with Crippen LogP contribution in [0.3, 0.4) is 0 Å². The van der Waals surface area contributed by atoms with Crippen molar-refractivity contribution in [2.75, 3.05) is 18.5 Å². The van der Waals surface area contributed by atoms with E-state index in [4.69, 9.17) is 9.47 Å². The highest BCUT2D eigenvalue weighted by atomic mass is 19.4. The number of aromatic nitrogens is 3. The van der Waals surface area contributed by atoms with E-state index in [1.807, 2.05) is 18.2 Å². The molecule has 0 bridgehead atoms. The lowest BCUT2D eigenvalue weighted by Gasteiger charge is -2.24. The molecule has 1 N–H and O–H groups in total. The van der Waals surface area contributed by atoms with Gasteiger partial charge in [-0.15, -0.1) is 5.10 Å². The first-order valence-electron chi connectivity index (χ1n) is 14.9. The number of anilines is 1. The van der Waals surface area contributed by atoms with E-state index >= 15 is 0 Å². The molecule has 0 unspecified atom stereocenters. The molecule has 0 aliphatic carbocycles. The number of carbonyl (C=O) groups excluding carboxylic acids is 1. The number of ether oxygens (including phenoxy) is 2. The third-order valence-electron chi connectivity index (χ3n) is 6.66. The van der Waals surface area contributed by atoms with Crippen molar-refractivity contribution < 1.29 is 27.4 Å².